The topological polar surface area (TPSA) is 20.3 Å². The first-order chi connectivity index (χ1) is 9.48. The van der Waals surface area contributed by atoms with Crippen molar-refractivity contribution in [3.63, 3.8) is 0 Å². The molecule has 1 aliphatic heterocycles. The minimum Gasteiger partial charge on any atom is -0.312 e. The number of benzene rings is 2. The predicted molar refractivity (Wildman–Crippen MR) is 77.9 cm³/mol. The van der Waals surface area contributed by atoms with Crippen LogP contribution in [0.4, 0.5) is 10.1 Å². The molecule has 102 valence electrons. The van der Waals surface area contributed by atoms with Gasteiger partial charge in [-0.2, -0.15) is 0 Å². The fourth-order valence-corrected chi connectivity index (χ4v) is 3.08. The van der Waals surface area contributed by atoms with E-state index in [2.05, 4.69) is 0 Å². The van der Waals surface area contributed by atoms with E-state index < -0.39 is 11.6 Å². The van der Waals surface area contributed by atoms with Crippen LogP contribution in [0.1, 0.15) is 16.7 Å². The lowest BCUT2D eigenvalue weighted by molar-refractivity contribution is -0.126. The SMILES string of the molecule is Cc1cccc2c1[C@@](F)(c1ccccc1Cl)C(=O)N2C. The number of amides is 1. The molecule has 4 heteroatoms. The Bertz CT molecular complexity index is 715. The number of hydrogen-bond donors (Lipinski definition) is 0. The van der Waals surface area contributed by atoms with Crippen molar-refractivity contribution in [3.05, 3.63) is 64.2 Å². The van der Waals surface area contributed by atoms with Gasteiger partial charge in [0.25, 0.3) is 5.91 Å². The first kappa shape index (κ1) is 13.1. The molecule has 0 bridgehead atoms. The maximum atomic E-state index is 15.7. The second kappa shape index (κ2) is 4.32. The molecular weight excluding hydrogens is 277 g/mol. The molecule has 1 amide bonds. The number of alkyl halides is 1. The number of nitrogens with zero attached hydrogens (tertiary/aromatic N) is 1. The van der Waals surface area contributed by atoms with Crippen molar-refractivity contribution in [1.82, 2.24) is 0 Å². The van der Waals surface area contributed by atoms with Gasteiger partial charge in [-0.3, -0.25) is 4.79 Å². The van der Waals surface area contributed by atoms with E-state index in [1.165, 1.54) is 4.90 Å². The third-order valence-electron chi connectivity index (χ3n) is 3.80. The van der Waals surface area contributed by atoms with E-state index in [1.807, 2.05) is 6.07 Å². The Balaban J connectivity index is 2.36. The van der Waals surface area contributed by atoms with Crippen molar-refractivity contribution < 1.29 is 9.18 Å². The number of likely N-dealkylation sites (N-methyl/N-ethyl adjacent to an activating group) is 1. The van der Waals surface area contributed by atoms with Crippen molar-refractivity contribution in [2.75, 3.05) is 11.9 Å². The summed E-state index contributed by atoms with van der Waals surface area (Å²) >= 11 is 6.12. The number of hydrogen-bond acceptors (Lipinski definition) is 1. The van der Waals surface area contributed by atoms with Crippen molar-refractivity contribution >= 4 is 23.2 Å². The highest BCUT2D eigenvalue weighted by molar-refractivity contribution is 6.32. The Kier molecular flexibility index (Phi) is 2.83. The molecule has 2 nitrogen and oxygen atoms in total. The van der Waals surface area contributed by atoms with Gasteiger partial charge in [0.2, 0.25) is 5.67 Å². The molecule has 20 heavy (non-hydrogen) atoms. The van der Waals surface area contributed by atoms with Gasteiger partial charge in [0.15, 0.2) is 0 Å². The fourth-order valence-electron chi connectivity index (χ4n) is 2.82. The Morgan fingerprint density at radius 2 is 1.85 bits per heavy atom. The van der Waals surface area contributed by atoms with Gasteiger partial charge in [-0.25, -0.2) is 4.39 Å². The average Bonchev–Trinajstić information content (AvgIpc) is 2.63. The highest BCUT2D eigenvalue weighted by Crippen LogP contribution is 2.49. The van der Waals surface area contributed by atoms with Gasteiger partial charge in [0, 0.05) is 23.2 Å². The van der Waals surface area contributed by atoms with E-state index in [-0.39, 0.29) is 10.6 Å². The summed E-state index contributed by atoms with van der Waals surface area (Å²) in [5.74, 6) is -0.602. The summed E-state index contributed by atoms with van der Waals surface area (Å²) < 4.78 is 15.7. The number of halogens is 2. The summed E-state index contributed by atoms with van der Waals surface area (Å²) in [4.78, 5) is 13.8. The Morgan fingerprint density at radius 3 is 2.55 bits per heavy atom. The van der Waals surface area contributed by atoms with Crippen LogP contribution in [-0.2, 0) is 10.5 Å². The summed E-state index contributed by atoms with van der Waals surface area (Å²) in [6.45, 7) is 1.80. The number of aryl methyl sites for hydroxylation is 1. The molecule has 1 heterocycles. The summed E-state index contributed by atoms with van der Waals surface area (Å²) in [5.41, 5.74) is -0.291. The standard InChI is InChI=1S/C16H13ClFNO/c1-10-6-5-9-13-14(10)16(18,15(20)19(13)2)11-7-3-4-8-12(11)17/h3-9H,1-2H3/t16-/m0/s1. The van der Waals surface area contributed by atoms with Crippen LogP contribution < -0.4 is 4.90 Å². The number of carbonyl (C=O) groups is 1. The maximum absolute atomic E-state index is 15.7. The molecule has 0 aliphatic carbocycles. The molecule has 1 atom stereocenters. The monoisotopic (exact) mass is 289 g/mol. The molecule has 0 saturated carbocycles. The number of carbonyl (C=O) groups excluding carboxylic acids is 1. The summed E-state index contributed by atoms with van der Waals surface area (Å²) in [7, 11) is 1.58. The Morgan fingerprint density at radius 1 is 1.15 bits per heavy atom. The van der Waals surface area contributed by atoms with Crippen molar-refractivity contribution in [2.45, 2.75) is 12.6 Å². The first-order valence-corrected chi connectivity index (χ1v) is 6.68. The van der Waals surface area contributed by atoms with E-state index in [9.17, 15) is 4.79 Å². The van der Waals surface area contributed by atoms with Gasteiger partial charge in [-0.15, -0.1) is 0 Å². The van der Waals surface area contributed by atoms with E-state index in [0.717, 1.165) is 5.56 Å². The molecule has 1 aliphatic rings. The van der Waals surface area contributed by atoms with Crippen LogP contribution in [0.3, 0.4) is 0 Å². The highest BCUT2D eigenvalue weighted by atomic mass is 35.5. The van der Waals surface area contributed by atoms with Crippen molar-refractivity contribution in [2.24, 2.45) is 0 Å². The zero-order chi connectivity index (χ0) is 14.5. The van der Waals surface area contributed by atoms with Crippen molar-refractivity contribution in [1.29, 1.82) is 0 Å². The van der Waals surface area contributed by atoms with Gasteiger partial charge >= 0.3 is 0 Å². The van der Waals surface area contributed by atoms with E-state index in [4.69, 9.17) is 11.6 Å². The van der Waals surface area contributed by atoms with Crippen LogP contribution in [0.25, 0.3) is 0 Å². The minimum atomic E-state index is -2.21. The molecule has 0 aromatic heterocycles. The molecule has 3 rings (SSSR count). The lowest BCUT2D eigenvalue weighted by atomic mass is 9.86. The normalized spacial score (nSPS) is 21.2. The number of anilines is 1. The minimum absolute atomic E-state index is 0.201. The molecule has 0 saturated heterocycles. The summed E-state index contributed by atoms with van der Waals surface area (Å²) in [6.07, 6.45) is 0. The van der Waals surface area contributed by atoms with Crippen LogP contribution in [-0.4, -0.2) is 13.0 Å². The molecule has 2 aromatic carbocycles. The predicted octanol–water partition coefficient (Wildman–Crippen LogP) is 3.84. The zero-order valence-corrected chi connectivity index (χ0v) is 11.9. The van der Waals surface area contributed by atoms with Gasteiger partial charge in [0.1, 0.15) is 0 Å². The fraction of sp³-hybridized carbons (Fsp3) is 0.188. The van der Waals surface area contributed by atoms with Gasteiger partial charge in [0.05, 0.1) is 5.69 Å². The van der Waals surface area contributed by atoms with Gasteiger partial charge in [-0.1, -0.05) is 41.9 Å². The van der Waals surface area contributed by atoms with E-state index in [0.29, 0.717) is 11.3 Å². The lowest BCUT2D eigenvalue weighted by Gasteiger charge is -2.21. The highest BCUT2D eigenvalue weighted by Gasteiger charge is 2.53. The van der Waals surface area contributed by atoms with Crippen LogP contribution in [0, 0.1) is 6.92 Å². The summed E-state index contributed by atoms with van der Waals surface area (Å²) in [6, 6.07) is 11.9. The van der Waals surface area contributed by atoms with Crippen LogP contribution in [0.5, 0.6) is 0 Å². The second-order valence-corrected chi connectivity index (χ2v) is 5.38. The van der Waals surface area contributed by atoms with Crippen LogP contribution >= 0.6 is 11.6 Å². The molecule has 0 radical (unpaired) electrons. The zero-order valence-electron chi connectivity index (χ0n) is 11.2. The molecular formula is C16H13ClFNO. The number of fused-ring (bicyclic) bond motifs is 1. The second-order valence-electron chi connectivity index (χ2n) is 4.97. The lowest BCUT2D eigenvalue weighted by Crippen LogP contribution is -2.36. The van der Waals surface area contributed by atoms with Gasteiger partial charge in [-0.05, 0) is 24.6 Å². The molecule has 0 spiro atoms. The Hall–Kier alpha value is -1.87. The van der Waals surface area contributed by atoms with E-state index >= 15 is 4.39 Å². The van der Waals surface area contributed by atoms with Crippen molar-refractivity contribution in [3.8, 4) is 0 Å². The summed E-state index contributed by atoms with van der Waals surface area (Å²) in [5, 5.41) is 0.257. The molecule has 0 unspecified atom stereocenters. The average molecular weight is 290 g/mol. The third kappa shape index (κ3) is 1.53. The third-order valence-corrected chi connectivity index (χ3v) is 4.13. The quantitative estimate of drug-likeness (QED) is 0.781. The molecule has 0 fully saturated rings. The number of rotatable bonds is 1. The molecule has 2 aromatic rings. The smallest absolute Gasteiger partial charge is 0.273 e. The van der Waals surface area contributed by atoms with E-state index in [1.54, 1.807) is 50.4 Å². The molecule has 0 N–H and O–H groups in total. The Labute approximate surface area is 121 Å². The van der Waals surface area contributed by atoms with Crippen LogP contribution in [0.2, 0.25) is 5.02 Å². The first-order valence-electron chi connectivity index (χ1n) is 6.30. The van der Waals surface area contributed by atoms with Gasteiger partial charge < -0.3 is 4.90 Å². The maximum Gasteiger partial charge on any atom is 0.273 e. The largest absolute Gasteiger partial charge is 0.312 e. The van der Waals surface area contributed by atoms with Crippen LogP contribution in [0.15, 0.2) is 42.5 Å².